The second-order valence-electron chi connectivity index (χ2n) is 6.55. The topological polar surface area (TPSA) is 141 Å². The van der Waals surface area contributed by atoms with Gasteiger partial charge in [-0.1, -0.05) is 0 Å². The second kappa shape index (κ2) is 13.0. The van der Waals surface area contributed by atoms with Gasteiger partial charge in [0.05, 0.1) is 43.2 Å². The molecule has 0 aliphatic carbocycles. The minimum absolute atomic E-state index is 0.0486. The molecule has 0 aliphatic heterocycles. The van der Waals surface area contributed by atoms with Crippen molar-refractivity contribution in [2.45, 2.75) is 26.1 Å². The zero-order valence-corrected chi connectivity index (χ0v) is 15.9. The first-order chi connectivity index (χ1) is 10.8. The zero-order valence-electron chi connectivity index (χ0n) is 15.1. The van der Waals surface area contributed by atoms with Crippen molar-refractivity contribution < 1.29 is 37.9 Å². The third-order valence-electron chi connectivity index (χ3n) is 3.01. The Morgan fingerprint density at radius 1 is 0.958 bits per heavy atom. The van der Waals surface area contributed by atoms with Gasteiger partial charge in [0, 0.05) is 19.6 Å². The van der Waals surface area contributed by atoms with Crippen molar-refractivity contribution in [3.63, 3.8) is 0 Å². The first-order valence-corrected chi connectivity index (χ1v) is 9.46. The van der Waals surface area contributed by atoms with Crippen LogP contribution in [0.3, 0.4) is 0 Å². The van der Waals surface area contributed by atoms with Gasteiger partial charge in [0.2, 0.25) is 0 Å². The Kier molecular flexibility index (Phi) is 14.0. The molecule has 0 aromatic rings. The van der Waals surface area contributed by atoms with Gasteiger partial charge in [0.1, 0.15) is 25.3 Å². The Bertz CT molecular complexity index is 382. The zero-order chi connectivity index (χ0) is 19.4. The summed E-state index contributed by atoms with van der Waals surface area (Å²) in [7, 11) is -0.212. The molecule has 0 saturated heterocycles. The van der Waals surface area contributed by atoms with Crippen molar-refractivity contribution in [1.82, 2.24) is 4.90 Å². The molecule has 2 unspecified atom stereocenters. The molecule has 4 N–H and O–H groups in total. The van der Waals surface area contributed by atoms with Gasteiger partial charge in [-0.2, -0.15) is 0 Å². The maximum atomic E-state index is 10.2. The average molecular weight is 375 g/mol. The lowest BCUT2D eigenvalue weighted by molar-refractivity contribution is -0.895. The van der Waals surface area contributed by atoms with Gasteiger partial charge >= 0.3 is 0 Å². The summed E-state index contributed by atoms with van der Waals surface area (Å²) >= 11 is 0. The van der Waals surface area contributed by atoms with Crippen molar-refractivity contribution in [1.29, 1.82) is 0 Å². The van der Waals surface area contributed by atoms with Crippen LogP contribution in [0, 0.1) is 0 Å². The molecule has 10 heteroatoms. The fourth-order valence-corrected chi connectivity index (χ4v) is 2.85. The summed E-state index contributed by atoms with van der Waals surface area (Å²) in [6.07, 6.45) is -0.604. The minimum Gasteiger partial charge on any atom is -0.748 e. The van der Waals surface area contributed by atoms with E-state index in [0.717, 1.165) is 0 Å². The van der Waals surface area contributed by atoms with Gasteiger partial charge in [-0.3, -0.25) is 4.90 Å². The summed E-state index contributed by atoms with van der Waals surface area (Å²) in [6.45, 7) is 5.22. The number of hydrogen-bond acceptors (Lipinski definition) is 8. The van der Waals surface area contributed by atoms with E-state index in [1.54, 1.807) is 13.8 Å². The van der Waals surface area contributed by atoms with Crippen LogP contribution in [0.2, 0.25) is 0 Å². The van der Waals surface area contributed by atoms with Crippen LogP contribution >= 0.6 is 0 Å². The third-order valence-corrected chi connectivity index (χ3v) is 3.69. The summed E-state index contributed by atoms with van der Waals surface area (Å²) in [5.74, 6) is -0.493. The molecule has 0 aromatic carbocycles. The van der Waals surface area contributed by atoms with E-state index in [4.69, 9.17) is 20.4 Å². The standard InChI is InChI=1S/C8H20NO2.C6H15NO5S/c1-7(10)5-9(3,4)6-8(2)11;8-4-1-7(2-5-9)3-6-13(10,11)12/h7-8,10-11H,5-6H2,1-4H3;8-9H,1-6H2,(H,10,11,12)/q+1;/p-1. The fourth-order valence-electron chi connectivity index (χ4n) is 2.36. The molecule has 0 rings (SSSR count). The molecule has 0 aliphatic rings. The van der Waals surface area contributed by atoms with Crippen LogP contribution in [0.15, 0.2) is 0 Å². The Morgan fingerprint density at radius 2 is 1.33 bits per heavy atom. The highest BCUT2D eigenvalue weighted by Gasteiger charge is 2.19. The van der Waals surface area contributed by atoms with Crippen LogP contribution in [0.25, 0.3) is 0 Å². The third kappa shape index (κ3) is 19.7. The van der Waals surface area contributed by atoms with Crippen molar-refractivity contribution >= 4 is 10.1 Å². The number of rotatable bonds is 11. The normalized spacial score (nSPS) is 14.9. The lowest BCUT2D eigenvalue weighted by Gasteiger charge is -2.31. The summed E-state index contributed by atoms with van der Waals surface area (Å²) in [6, 6.07) is 0. The van der Waals surface area contributed by atoms with Crippen LogP contribution in [-0.2, 0) is 10.1 Å². The Balaban J connectivity index is 0. The monoisotopic (exact) mass is 374 g/mol. The molecule has 148 valence electrons. The number of nitrogens with zero attached hydrogens (tertiary/aromatic N) is 2. The maximum Gasteiger partial charge on any atom is 0.104 e. The van der Waals surface area contributed by atoms with Gasteiger partial charge in [-0.25, -0.2) is 8.42 Å². The predicted molar refractivity (Wildman–Crippen MR) is 90.4 cm³/mol. The quantitative estimate of drug-likeness (QED) is 0.232. The molecule has 2 atom stereocenters. The molecule has 0 radical (unpaired) electrons. The van der Waals surface area contributed by atoms with Crippen molar-refractivity contribution in [3.8, 4) is 0 Å². The summed E-state index contributed by atoms with van der Waals surface area (Å²) in [4.78, 5) is 1.51. The smallest absolute Gasteiger partial charge is 0.104 e. The molecular formula is C14H34N2O7S. The number of aliphatic hydroxyl groups excluding tert-OH is 4. The van der Waals surface area contributed by atoms with E-state index in [9.17, 15) is 13.0 Å². The molecule has 9 nitrogen and oxygen atoms in total. The first kappa shape index (κ1) is 25.9. The van der Waals surface area contributed by atoms with Gasteiger partial charge in [0.15, 0.2) is 0 Å². The van der Waals surface area contributed by atoms with E-state index >= 15 is 0 Å². The second-order valence-corrected chi connectivity index (χ2v) is 8.07. The van der Waals surface area contributed by atoms with E-state index in [1.807, 2.05) is 14.1 Å². The lowest BCUT2D eigenvalue weighted by atomic mass is 10.3. The van der Waals surface area contributed by atoms with Crippen LogP contribution in [0.4, 0.5) is 0 Å². The highest BCUT2D eigenvalue weighted by Crippen LogP contribution is 2.01. The molecule has 0 amide bonds. The molecule has 24 heavy (non-hydrogen) atoms. The summed E-state index contributed by atoms with van der Waals surface area (Å²) < 4.78 is 31.4. The lowest BCUT2D eigenvalue weighted by Crippen LogP contribution is -2.48. The molecule has 0 bridgehead atoms. The SMILES string of the molecule is CC(O)C[N+](C)(C)CC(C)O.O=S(=O)([O-])CCN(CCO)CCO. The van der Waals surface area contributed by atoms with Gasteiger partial charge in [-0.15, -0.1) is 0 Å². The maximum absolute atomic E-state index is 10.2. The predicted octanol–water partition coefficient (Wildman–Crippen LogP) is -2.36. The molecular weight excluding hydrogens is 340 g/mol. The minimum atomic E-state index is -4.21. The number of quaternary nitrogens is 1. The number of likely N-dealkylation sites (N-methyl/N-ethyl adjacent to an activating group) is 1. The Labute approximate surface area is 145 Å². The number of hydrogen-bond donors (Lipinski definition) is 4. The van der Waals surface area contributed by atoms with E-state index in [-0.39, 0.29) is 45.1 Å². The number of aliphatic hydroxyl groups is 4. The van der Waals surface area contributed by atoms with Crippen molar-refractivity contribution in [3.05, 3.63) is 0 Å². The molecule has 0 aromatic heterocycles. The van der Waals surface area contributed by atoms with Gasteiger partial charge in [-0.05, 0) is 13.8 Å². The largest absolute Gasteiger partial charge is 0.748 e. The fraction of sp³-hybridized carbons (Fsp3) is 1.00. The molecule has 0 spiro atoms. The Hall–Kier alpha value is -0.330. The van der Waals surface area contributed by atoms with E-state index in [0.29, 0.717) is 17.6 Å². The van der Waals surface area contributed by atoms with Crippen LogP contribution in [0.5, 0.6) is 0 Å². The van der Waals surface area contributed by atoms with Crippen molar-refractivity contribution in [2.24, 2.45) is 0 Å². The van der Waals surface area contributed by atoms with E-state index in [2.05, 4.69) is 0 Å². The van der Waals surface area contributed by atoms with Gasteiger partial charge < -0.3 is 29.5 Å². The van der Waals surface area contributed by atoms with Gasteiger partial charge in [0.25, 0.3) is 0 Å². The first-order valence-electron chi connectivity index (χ1n) is 7.88. The Morgan fingerprint density at radius 3 is 1.58 bits per heavy atom. The average Bonchev–Trinajstić information content (AvgIpc) is 2.33. The molecule has 0 fully saturated rings. The van der Waals surface area contributed by atoms with Crippen LogP contribution in [0.1, 0.15) is 13.8 Å². The summed E-state index contributed by atoms with van der Waals surface area (Å²) in [5.41, 5.74) is 0. The summed E-state index contributed by atoms with van der Waals surface area (Å²) in [5, 5.41) is 35.3. The van der Waals surface area contributed by atoms with E-state index < -0.39 is 15.9 Å². The van der Waals surface area contributed by atoms with Crippen LogP contribution in [-0.4, -0.2) is 121 Å². The van der Waals surface area contributed by atoms with E-state index in [1.165, 1.54) is 4.90 Å². The molecule has 0 saturated carbocycles. The highest BCUT2D eigenvalue weighted by atomic mass is 32.2. The molecule has 0 heterocycles. The van der Waals surface area contributed by atoms with Crippen molar-refractivity contribution in [2.75, 3.05) is 65.8 Å². The highest BCUT2D eigenvalue weighted by molar-refractivity contribution is 7.85. The van der Waals surface area contributed by atoms with Crippen LogP contribution < -0.4 is 0 Å².